The second kappa shape index (κ2) is 8.08. The lowest BCUT2D eigenvalue weighted by Crippen LogP contribution is -2.31. The van der Waals surface area contributed by atoms with Gasteiger partial charge < -0.3 is 15.9 Å². The second-order valence-electron chi connectivity index (χ2n) is 3.72. The summed E-state index contributed by atoms with van der Waals surface area (Å²) in [5.41, 5.74) is 5.24. The molecule has 0 aromatic heterocycles. The van der Waals surface area contributed by atoms with E-state index in [0.29, 0.717) is 5.75 Å². The molecule has 6 nitrogen and oxygen atoms in total. The van der Waals surface area contributed by atoms with Crippen LogP contribution in [0.25, 0.3) is 0 Å². The lowest BCUT2D eigenvalue weighted by atomic mass is 10.0. The third-order valence-corrected chi connectivity index (χ3v) is 2.98. The van der Waals surface area contributed by atoms with Crippen LogP contribution in [0, 0.1) is 5.92 Å². The fraction of sp³-hybridized carbons (Fsp3) is 0.700. The third-order valence-electron chi connectivity index (χ3n) is 2.24. The van der Waals surface area contributed by atoms with Crippen LogP contribution in [0.3, 0.4) is 0 Å². The van der Waals surface area contributed by atoms with Gasteiger partial charge in [0.2, 0.25) is 0 Å². The van der Waals surface area contributed by atoms with Gasteiger partial charge >= 0.3 is 11.9 Å². The number of rotatable bonds is 9. The van der Waals surface area contributed by atoms with Gasteiger partial charge in [-0.25, -0.2) is 0 Å². The Labute approximate surface area is 104 Å². The van der Waals surface area contributed by atoms with Gasteiger partial charge in [-0.3, -0.25) is 14.4 Å². The summed E-state index contributed by atoms with van der Waals surface area (Å²) in [5, 5.41) is 17.4. The summed E-state index contributed by atoms with van der Waals surface area (Å²) in [6.07, 6.45) is 1.74. The van der Waals surface area contributed by atoms with Crippen LogP contribution in [-0.4, -0.2) is 46.0 Å². The summed E-state index contributed by atoms with van der Waals surface area (Å²) in [6, 6.07) is -1.07. The summed E-state index contributed by atoms with van der Waals surface area (Å²) in [6.45, 7) is 0. The van der Waals surface area contributed by atoms with Crippen molar-refractivity contribution < 1.29 is 24.6 Å². The van der Waals surface area contributed by atoms with E-state index in [0.717, 1.165) is 0 Å². The first-order valence-electron chi connectivity index (χ1n) is 5.10. The zero-order valence-corrected chi connectivity index (χ0v) is 10.4. The molecule has 0 aliphatic heterocycles. The Hall–Kier alpha value is -1.08. The van der Waals surface area contributed by atoms with E-state index in [1.165, 1.54) is 11.8 Å². The van der Waals surface area contributed by atoms with E-state index in [9.17, 15) is 14.4 Å². The molecule has 0 spiro atoms. The van der Waals surface area contributed by atoms with Crippen LogP contribution in [0.5, 0.6) is 0 Å². The predicted molar refractivity (Wildman–Crippen MR) is 64.0 cm³/mol. The Bertz CT molecular complexity index is 294. The zero-order valence-electron chi connectivity index (χ0n) is 9.59. The van der Waals surface area contributed by atoms with E-state index < -0.39 is 23.9 Å². The number of carboxylic acids is 2. The first-order valence-corrected chi connectivity index (χ1v) is 6.49. The predicted octanol–water partition coefficient (Wildman–Crippen LogP) is 0.202. The summed E-state index contributed by atoms with van der Waals surface area (Å²) in [5.74, 6) is -2.76. The summed E-state index contributed by atoms with van der Waals surface area (Å²) in [4.78, 5) is 32.6. The van der Waals surface area contributed by atoms with Crippen LogP contribution in [0.4, 0.5) is 0 Å². The summed E-state index contributed by atoms with van der Waals surface area (Å²) in [7, 11) is 0. The van der Waals surface area contributed by atoms with E-state index in [1.807, 2.05) is 0 Å². The molecule has 7 heteroatoms. The van der Waals surface area contributed by atoms with Gasteiger partial charge in [0.05, 0.1) is 5.92 Å². The van der Waals surface area contributed by atoms with E-state index in [2.05, 4.69) is 0 Å². The van der Waals surface area contributed by atoms with Crippen LogP contribution < -0.4 is 5.73 Å². The first-order chi connectivity index (χ1) is 7.88. The standard InChI is InChI=1S/C10H17NO5S/c1-17-5-6(9(13)14)4-7(12)2-3-8(11)10(15)16/h6,8H,2-5,11H2,1H3,(H,13,14)(H,15,16). The highest BCUT2D eigenvalue weighted by atomic mass is 32.2. The monoisotopic (exact) mass is 263 g/mol. The molecule has 0 saturated heterocycles. The smallest absolute Gasteiger partial charge is 0.320 e. The molecule has 0 fully saturated rings. The van der Waals surface area contributed by atoms with Gasteiger partial charge in [0.25, 0.3) is 0 Å². The summed E-state index contributed by atoms with van der Waals surface area (Å²) >= 11 is 1.36. The van der Waals surface area contributed by atoms with Crippen LogP contribution >= 0.6 is 11.8 Å². The minimum Gasteiger partial charge on any atom is -0.481 e. The molecular formula is C10H17NO5S. The largest absolute Gasteiger partial charge is 0.481 e. The van der Waals surface area contributed by atoms with Crippen molar-refractivity contribution >= 4 is 29.5 Å². The molecule has 2 unspecified atom stereocenters. The number of nitrogens with two attached hydrogens (primary N) is 1. The van der Waals surface area contributed by atoms with E-state index in [1.54, 1.807) is 6.26 Å². The average Bonchev–Trinajstić information content (AvgIpc) is 2.24. The minimum atomic E-state index is -1.16. The van der Waals surface area contributed by atoms with E-state index in [-0.39, 0.29) is 25.0 Å². The molecule has 0 saturated carbocycles. The fourth-order valence-electron chi connectivity index (χ4n) is 1.24. The molecular weight excluding hydrogens is 246 g/mol. The van der Waals surface area contributed by atoms with Crippen molar-refractivity contribution in [2.75, 3.05) is 12.0 Å². The normalized spacial score (nSPS) is 14.0. The Morgan fingerprint density at radius 3 is 2.24 bits per heavy atom. The lowest BCUT2D eigenvalue weighted by Gasteiger charge is -2.10. The molecule has 0 aliphatic carbocycles. The number of carbonyl (C=O) groups is 3. The van der Waals surface area contributed by atoms with Gasteiger partial charge in [-0.05, 0) is 12.7 Å². The average molecular weight is 263 g/mol. The molecule has 0 radical (unpaired) electrons. The maximum Gasteiger partial charge on any atom is 0.320 e. The highest BCUT2D eigenvalue weighted by Crippen LogP contribution is 2.13. The molecule has 0 heterocycles. The fourth-order valence-corrected chi connectivity index (χ4v) is 1.90. The third kappa shape index (κ3) is 6.96. The Kier molecular flexibility index (Phi) is 7.56. The van der Waals surface area contributed by atoms with Gasteiger partial charge in [0.15, 0.2) is 0 Å². The number of aliphatic carboxylic acids is 2. The van der Waals surface area contributed by atoms with Crippen molar-refractivity contribution in [3.8, 4) is 0 Å². The maximum absolute atomic E-state index is 11.4. The number of hydrogen-bond acceptors (Lipinski definition) is 5. The topological polar surface area (TPSA) is 118 Å². The number of ketones is 1. The molecule has 17 heavy (non-hydrogen) atoms. The van der Waals surface area contributed by atoms with E-state index >= 15 is 0 Å². The number of carboxylic acid groups (broad SMARTS) is 2. The van der Waals surface area contributed by atoms with Crippen molar-refractivity contribution in [2.24, 2.45) is 11.7 Å². The quantitative estimate of drug-likeness (QED) is 0.544. The molecule has 4 N–H and O–H groups in total. The Morgan fingerprint density at radius 2 is 1.82 bits per heavy atom. The molecule has 0 amide bonds. The van der Waals surface area contributed by atoms with Gasteiger partial charge in [0.1, 0.15) is 11.8 Å². The van der Waals surface area contributed by atoms with Crippen molar-refractivity contribution in [2.45, 2.75) is 25.3 Å². The van der Waals surface area contributed by atoms with Crippen molar-refractivity contribution in [3.05, 3.63) is 0 Å². The highest BCUT2D eigenvalue weighted by molar-refractivity contribution is 7.98. The molecule has 0 bridgehead atoms. The molecule has 98 valence electrons. The van der Waals surface area contributed by atoms with Crippen LogP contribution in [-0.2, 0) is 14.4 Å². The van der Waals surface area contributed by atoms with Gasteiger partial charge in [0, 0.05) is 18.6 Å². The molecule has 0 aromatic carbocycles. The number of Topliss-reactive ketones (excluding diaryl/α,β-unsaturated/α-hetero) is 1. The SMILES string of the molecule is CSCC(CC(=O)CCC(N)C(=O)O)C(=O)O. The van der Waals surface area contributed by atoms with Gasteiger partial charge in [-0.2, -0.15) is 11.8 Å². The Balaban J connectivity index is 4.06. The van der Waals surface area contributed by atoms with Crippen molar-refractivity contribution in [1.82, 2.24) is 0 Å². The van der Waals surface area contributed by atoms with Crippen LogP contribution in [0.1, 0.15) is 19.3 Å². The Morgan fingerprint density at radius 1 is 1.24 bits per heavy atom. The number of thioether (sulfide) groups is 1. The van der Waals surface area contributed by atoms with E-state index in [4.69, 9.17) is 15.9 Å². The minimum absolute atomic E-state index is 0.00558. The van der Waals surface area contributed by atoms with Gasteiger partial charge in [-0.1, -0.05) is 0 Å². The molecule has 0 rings (SSSR count). The zero-order chi connectivity index (χ0) is 13.4. The van der Waals surface area contributed by atoms with Crippen LogP contribution in [0.2, 0.25) is 0 Å². The molecule has 0 aromatic rings. The first kappa shape index (κ1) is 15.9. The summed E-state index contributed by atoms with van der Waals surface area (Å²) < 4.78 is 0. The lowest BCUT2D eigenvalue weighted by molar-refractivity contribution is -0.143. The van der Waals surface area contributed by atoms with Gasteiger partial charge in [-0.15, -0.1) is 0 Å². The second-order valence-corrected chi connectivity index (χ2v) is 4.63. The van der Waals surface area contributed by atoms with Crippen LogP contribution in [0.15, 0.2) is 0 Å². The number of hydrogen-bond donors (Lipinski definition) is 3. The molecule has 2 atom stereocenters. The maximum atomic E-state index is 11.4. The van der Waals surface area contributed by atoms with Crippen molar-refractivity contribution in [3.63, 3.8) is 0 Å². The number of carbonyl (C=O) groups excluding carboxylic acids is 1. The highest BCUT2D eigenvalue weighted by Gasteiger charge is 2.21. The van der Waals surface area contributed by atoms with Crippen molar-refractivity contribution in [1.29, 1.82) is 0 Å². The molecule has 0 aliphatic rings.